The van der Waals surface area contributed by atoms with Crippen LogP contribution in [0.5, 0.6) is 0 Å². The van der Waals surface area contributed by atoms with E-state index in [2.05, 4.69) is 20.5 Å². The van der Waals surface area contributed by atoms with Crippen LogP contribution >= 0.6 is 22.7 Å². The van der Waals surface area contributed by atoms with E-state index in [1.807, 2.05) is 0 Å². The average molecular weight is 351 g/mol. The topological polar surface area (TPSA) is 99.0 Å². The van der Waals surface area contributed by atoms with Crippen molar-refractivity contribution in [1.29, 1.82) is 0 Å². The molecule has 0 saturated heterocycles. The number of nitrogens with zero attached hydrogens (tertiary/aromatic N) is 4. The maximum Gasteiger partial charge on any atom is 0.267 e. The van der Waals surface area contributed by atoms with Crippen LogP contribution in [0.2, 0.25) is 0 Å². The molecular formula is C13H13N5O3S2. The van der Waals surface area contributed by atoms with Crippen molar-refractivity contribution >= 4 is 43.9 Å². The first-order chi connectivity index (χ1) is 11.0. The molecule has 0 saturated carbocycles. The molecule has 0 aliphatic carbocycles. The lowest BCUT2D eigenvalue weighted by Crippen LogP contribution is -2.17. The Morgan fingerprint density at radius 2 is 2.17 bits per heavy atom. The van der Waals surface area contributed by atoms with Gasteiger partial charge in [-0.25, -0.2) is 4.98 Å². The number of hydrogen-bond acceptors (Lipinski definition) is 8. The first-order valence-corrected chi connectivity index (χ1v) is 8.22. The van der Waals surface area contributed by atoms with E-state index in [0.29, 0.717) is 37.4 Å². The number of aromatic nitrogens is 4. The van der Waals surface area contributed by atoms with Gasteiger partial charge in [0.2, 0.25) is 5.13 Å². The quantitative estimate of drug-likeness (QED) is 0.766. The Balaban J connectivity index is 1.93. The Hall–Kier alpha value is -2.17. The SMILES string of the molecule is COCc1nnc(NC(=O)c2sc3ncn(C)c(=O)c3c2C)s1. The molecule has 3 rings (SSSR count). The van der Waals surface area contributed by atoms with Crippen molar-refractivity contribution in [1.82, 2.24) is 19.7 Å². The number of hydrogen-bond donors (Lipinski definition) is 1. The third-order valence-corrected chi connectivity index (χ3v) is 5.18. The number of methoxy groups -OCH3 is 1. The molecule has 8 nitrogen and oxygen atoms in total. The summed E-state index contributed by atoms with van der Waals surface area (Å²) in [5.41, 5.74) is 0.457. The first-order valence-electron chi connectivity index (χ1n) is 6.58. The second-order valence-electron chi connectivity index (χ2n) is 4.79. The van der Waals surface area contributed by atoms with Gasteiger partial charge >= 0.3 is 0 Å². The van der Waals surface area contributed by atoms with Crippen LogP contribution in [0.25, 0.3) is 10.2 Å². The fourth-order valence-electron chi connectivity index (χ4n) is 2.07. The Morgan fingerprint density at radius 3 is 2.91 bits per heavy atom. The number of carbonyl (C=O) groups excluding carboxylic acids is 1. The van der Waals surface area contributed by atoms with Gasteiger partial charge in [0, 0.05) is 14.2 Å². The van der Waals surface area contributed by atoms with E-state index < -0.39 is 0 Å². The molecule has 120 valence electrons. The van der Waals surface area contributed by atoms with E-state index >= 15 is 0 Å². The van der Waals surface area contributed by atoms with Gasteiger partial charge in [-0.3, -0.25) is 14.9 Å². The summed E-state index contributed by atoms with van der Waals surface area (Å²) >= 11 is 2.43. The van der Waals surface area contributed by atoms with E-state index in [0.717, 1.165) is 0 Å². The molecule has 0 fully saturated rings. The zero-order valence-electron chi connectivity index (χ0n) is 12.6. The Kier molecular flexibility index (Phi) is 4.20. The third kappa shape index (κ3) is 2.87. The lowest BCUT2D eigenvalue weighted by Gasteiger charge is -1.99. The summed E-state index contributed by atoms with van der Waals surface area (Å²) in [5.74, 6) is -0.326. The van der Waals surface area contributed by atoms with Gasteiger partial charge in [-0.15, -0.1) is 21.5 Å². The smallest absolute Gasteiger partial charge is 0.267 e. The van der Waals surface area contributed by atoms with Crippen LogP contribution in [0.4, 0.5) is 5.13 Å². The Morgan fingerprint density at radius 1 is 1.39 bits per heavy atom. The van der Waals surface area contributed by atoms with Crippen molar-refractivity contribution in [3.8, 4) is 0 Å². The van der Waals surface area contributed by atoms with Crippen molar-refractivity contribution in [2.45, 2.75) is 13.5 Å². The number of nitrogens with one attached hydrogen (secondary N) is 1. The molecule has 0 radical (unpaired) electrons. The number of aryl methyl sites for hydroxylation is 2. The zero-order valence-corrected chi connectivity index (χ0v) is 14.2. The highest BCUT2D eigenvalue weighted by molar-refractivity contribution is 7.21. The molecule has 10 heteroatoms. The van der Waals surface area contributed by atoms with E-state index in [4.69, 9.17) is 4.74 Å². The maximum atomic E-state index is 12.4. The van der Waals surface area contributed by atoms with E-state index in [-0.39, 0.29) is 11.5 Å². The highest BCUT2D eigenvalue weighted by Gasteiger charge is 2.20. The standard InChI is InChI=1S/C13H13N5O3S2/c1-6-8-11(14-5-18(2)12(8)20)23-9(6)10(19)15-13-17-16-7(22-13)4-21-3/h5H,4H2,1-3H3,(H,15,17,19). The summed E-state index contributed by atoms with van der Waals surface area (Å²) in [6.07, 6.45) is 1.45. The molecule has 0 aliphatic heterocycles. The van der Waals surface area contributed by atoms with E-state index in [9.17, 15) is 9.59 Å². The number of amides is 1. The summed E-state index contributed by atoms with van der Waals surface area (Å²) < 4.78 is 6.36. The van der Waals surface area contributed by atoms with Gasteiger partial charge in [-0.05, 0) is 12.5 Å². The molecule has 3 aromatic rings. The van der Waals surface area contributed by atoms with E-state index in [1.165, 1.54) is 33.6 Å². The van der Waals surface area contributed by atoms with Crippen molar-refractivity contribution in [3.63, 3.8) is 0 Å². The van der Waals surface area contributed by atoms with Gasteiger partial charge in [0.1, 0.15) is 16.4 Å². The fraction of sp³-hybridized carbons (Fsp3) is 0.308. The molecule has 3 heterocycles. The summed E-state index contributed by atoms with van der Waals surface area (Å²) in [4.78, 5) is 29.8. The molecule has 0 aromatic carbocycles. The van der Waals surface area contributed by atoms with Gasteiger partial charge in [0.15, 0.2) is 0 Å². The van der Waals surface area contributed by atoms with Crippen molar-refractivity contribution < 1.29 is 9.53 Å². The first kappa shape index (κ1) is 15.7. The zero-order chi connectivity index (χ0) is 16.6. The number of thiophene rings is 1. The summed E-state index contributed by atoms with van der Waals surface area (Å²) in [6, 6.07) is 0. The minimum atomic E-state index is -0.326. The minimum Gasteiger partial charge on any atom is -0.377 e. The van der Waals surface area contributed by atoms with Crippen LogP contribution in [0, 0.1) is 6.92 Å². The van der Waals surface area contributed by atoms with Crippen molar-refractivity contribution in [2.24, 2.45) is 7.05 Å². The normalized spacial score (nSPS) is 11.1. The molecule has 1 N–H and O–H groups in total. The van der Waals surface area contributed by atoms with Crippen molar-refractivity contribution in [2.75, 3.05) is 12.4 Å². The monoisotopic (exact) mass is 351 g/mol. The lowest BCUT2D eigenvalue weighted by molar-refractivity contribution is 0.103. The van der Waals surface area contributed by atoms with Crippen molar-refractivity contribution in [3.05, 3.63) is 32.1 Å². The average Bonchev–Trinajstić information content (AvgIpc) is 3.08. The number of fused-ring (bicyclic) bond motifs is 1. The second-order valence-corrected chi connectivity index (χ2v) is 6.85. The maximum absolute atomic E-state index is 12.4. The van der Waals surface area contributed by atoms with Gasteiger partial charge in [0.05, 0.1) is 16.6 Å². The summed E-state index contributed by atoms with van der Waals surface area (Å²) in [5, 5.41) is 12.0. The molecule has 3 aromatic heterocycles. The molecule has 0 atom stereocenters. The molecular weight excluding hydrogens is 338 g/mol. The Bertz CT molecular complexity index is 943. The number of ether oxygens (including phenoxy) is 1. The summed E-state index contributed by atoms with van der Waals surface area (Å²) in [6.45, 7) is 2.09. The molecule has 0 aliphatic rings. The van der Waals surface area contributed by atoms with Crippen LogP contribution in [0.15, 0.2) is 11.1 Å². The predicted octanol–water partition coefficient (Wildman–Crippen LogP) is 1.55. The van der Waals surface area contributed by atoms with Gasteiger partial charge < -0.3 is 9.30 Å². The molecule has 0 unspecified atom stereocenters. The minimum absolute atomic E-state index is 0.166. The van der Waals surface area contributed by atoms with Crippen LogP contribution in [0.1, 0.15) is 20.2 Å². The van der Waals surface area contributed by atoms with Gasteiger partial charge in [-0.2, -0.15) is 0 Å². The Labute approximate surface area is 138 Å². The highest BCUT2D eigenvalue weighted by Crippen LogP contribution is 2.28. The number of rotatable bonds is 4. The van der Waals surface area contributed by atoms with E-state index in [1.54, 1.807) is 21.1 Å². The fourth-order valence-corrected chi connectivity index (χ4v) is 3.81. The predicted molar refractivity (Wildman–Crippen MR) is 88.2 cm³/mol. The lowest BCUT2D eigenvalue weighted by atomic mass is 10.2. The molecule has 0 spiro atoms. The van der Waals surface area contributed by atoms with Gasteiger partial charge in [0.25, 0.3) is 11.5 Å². The highest BCUT2D eigenvalue weighted by atomic mass is 32.1. The largest absolute Gasteiger partial charge is 0.377 e. The van der Waals surface area contributed by atoms with Crippen LogP contribution < -0.4 is 10.9 Å². The third-order valence-electron chi connectivity index (χ3n) is 3.17. The summed E-state index contributed by atoms with van der Waals surface area (Å²) in [7, 11) is 3.19. The van der Waals surface area contributed by atoms with Crippen LogP contribution in [0.3, 0.4) is 0 Å². The van der Waals surface area contributed by atoms with Crippen LogP contribution in [-0.4, -0.2) is 32.8 Å². The number of carbonyl (C=O) groups is 1. The van der Waals surface area contributed by atoms with Crippen LogP contribution in [-0.2, 0) is 18.4 Å². The molecule has 23 heavy (non-hydrogen) atoms. The number of anilines is 1. The molecule has 1 amide bonds. The second kappa shape index (κ2) is 6.14. The van der Waals surface area contributed by atoms with Gasteiger partial charge in [-0.1, -0.05) is 11.3 Å². The molecule has 0 bridgehead atoms.